The van der Waals surface area contributed by atoms with Crippen molar-refractivity contribution < 1.29 is 23.5 Å². The van der Waals surface area contributed by atoms with Gasteiger partial charge in [0.2, 0.25) is 0 Å². The van der Waals surface area contributed by atoms with Crippen molar-refractivity contribution in [2.45, 2.75) is 33.7 Å². The maximum atomic E-state index is 13.7. The van der Waals surface area contributed by atoms with E-state index in [1.165, 1.54) is 4.90 Å². The number of fused-ring (bicyclic) bond motifs is 1. The highest BCUT2D eigenvalue weighted by molar-refractivity contribution is 7.22. The Hall–Kier alpha value is -3.13. The molecule has 0 saturated heterocycles. The number of aliphatic hydroxyl groups excluding tert-OH is 1. The lowest BCUT2D eigenvalue weighted by molar-refractivity contribution is -0.123. The predicted octanol–water partition coefficient (Wildman–Crippen LogP) is 5.40. The Labute approximate surface area is 181 Å². The number of halogens is 2. The van der Waals surface area contributed by atoms with Gasteiger partial charge in [-0.1, -0.05) is 61.9 Å². The van der Waals surface area contributed by atoms with Crippen molar-refractivity contribution in [3.05, 3.63) is 70.5 Å². The summed E-state index contributed by atoms with van der Waals surface area (Å²) in [5, 5.41) is 10.9. The fraction of sp³-hybridized carbons (Fsp3) is 0.261. The van der Waals surface area contributed by atoms with E-state index in [0.717, 1.165) is 29.0 Å². The van der Waals surface area contributed by atoms with E-state index < -0.39 is 34.8 Å². The largest absolute Gasteiger partial charge is 0.503 e. The summed E-state index contributed by atoms with van der Waals surface area (Å²) >= 11 is 0.985. The molecule has 4 rings (SSSR count). The van der Waals surface area contributed by atoms with Crippen molar-refractivity contribution in [1.82, 2.24) is 4.98 Å². The molecular weight excluding hydrogens is 422 g/mol. The number of aromatic nitrogens is 1. The average molecular weight is 442 g/mol. The smallest absolute Gasteiger partial charge is 0.296 e. The number of carbonyl (C=O) groups excluding carboxylic acids is 2. The molecule has 31 heavy (non-hydrogen) atoms. The molecule has 0 bridgehead atoms. The third-order valence-corrected chi connectivity index (χ3v) is 6.13. The van der Waals surface area contributed by atoms with Crippen molar-refractivity contribution in [2.75, 3.05) is 4.90 Å². The number of thiazole rings is 1. The molecule has 0 radical (unpaired) electrons. The number of anilines is 1. The standard InChI is InChI=1S/C23H20F2N2O3S/c1-11-6-5-7-12(8-11)18-17(20(29)23(2,3)4)19(28)21(30)27(18)22-26-15-9-13(24)14(25)10-16(15)31-22/h5-10,18,28H,1-4H3. The first kappa shape index (κ1) is 21.1. The van der Waals surface area contributed by atoms with Crippen molar-refractivity contribution in [3.8, 4) is 0 Å². The molecule has 5 nitrogen and oxygen atoms in total. The molecule has 1 aliphatic rings. The van der Waals surface area contributed by atoms with Gasteiger partial charge in [-0.05, 0) is 18.6 Å². The maximum absolute atomic E-state index is 13.7. The van der Waals surface area contributed by atoms with Gasteiger partial charge in [0.1, 0.15) is 0 Å². The quantitative estimate of drug-likeness (QED) is 0.590. The number of aliphatic hydroxyl groups is 1. The van der Waals surface area contributed by atoms with E-state index in [1.807, 2.05) is 19.1 Å². The van der Waals surface area contributed by atoms with Gasteiger partial charge >= 0.3 is 0 Å². The minimum absolute atomic E-state index is 0.0142. The molecule has 0 saturated carbocycles. The van der Waals surface area contributed by atoms with Gasteiger partial charge in [-0.3, -0.25) is 14.5 Å². The number of benzene rings is 2. The molecule has 0 aliphatic carbocycles. The third-order valence-electron chi connectivity index (χ3n) is 5.12. The lowest BCUT2D eigenvalue weighted by atomic mass is 9.82. The van der Waals surface area contributed by atoms with Gasteiger partial charge in [0, 0.05) is 11.5 Å². The Morgan fingerprint density at radius 3 is 2.48 bits per heavy atom. The number of ketones is 1. The lowest BCUT2D eigenvalue weighted by Gasteiger charge is -2.27. The molecule has 8 heteroatoms. The highest BCUT2D eigenvalue weighted by Gasteiger charge is 2.47. The zero-order chi connectivity index (χ0) is 22.7. The molecule has 1 N–H and O–H groups in total. The van der Waals surface area contributed by atoms with Gasteiger partial charge in [0.15, 0.2) is 28.3 Å². The summed E-state index contributed by atoms with van der Waals surface area (Å²) in [6.07, 6.45) is 0. The van der Waals surface area contributed by atoms with E-state index in [1.54, 1.807) is 32.9 Å². The molecule has 0 spiro atoms. The van der Waals surface area contributed by atoms with Crippen LogP contribution in [0.4, 0.5) is 13.9 Å². The van der Waals surface area contributed by atoms with Gasteiger partial charge in [-0.2, -0.15) is 0 Å². The summed E-state index contributed by atoms with van der Waals surface area (Å²) in [5.41, 5.74) is 0.861. The minimum Gasteiger partial charge on any atom is -0.503 e. The molecule has 160 valence electrons. The van der Waals surface area contributed by atoms with Crippen LogP contribution in [-0.4, -0.2) is 21.8 Å². The zero-order valence-electron chi connectivity index (χ0n) is 17.4. The molecule has 2 heterocycles. The fourth-order valence-electron chi connectivity index (χ4n) is 3.61. The van der Waals surface area contributed by atoms with Crippen LogP contribution in [0.5, 0.6) is 0 Å². The molecule has 0 fully saturated rings. The molecular formula is C23H20F2N2O3S. The van der Waals surface area contributed by atoms with Gasteiger partial charge in [0.05, 0.1) is 21.8 Å². The first-order chi connectivity index (χ1) is 14.5. The maximum Gasteiger partial charge on any atom is 0.296 e. The van der Waals surface area contributed by atoms with E-state index in [9.17, 15) is 23.5 Å². The second-order valence-corrected chi connectivity index (χ2v) is 9.57. The Balaban J connectivity index is 1.93. The molecule has 1 amide bonds. The number of hydrogen-bond donors (Lipinski definition) is 1. The van der Waals surface area contributed by atoms with Crippen LogP contribution in [0.25, 0.3) is 10.2 Å². The van der Waals surface area contributed by atoms with Crippen LogP contribution in [0.1, 0.15) is 37.9 Å². The van der Waals surface area contributed by atoms with E-state index in [2.05, 4.69) is 4.98 Å². The van der Waals surface area contributed by atoms with E-state index in [-0.39, 0.29) is 22.0 Å². The van der Waals surface area contributed by atoms with E-state index >= 15 is 0 Å². The number of carbonyl (C=O) groups is 2. The number of aryl methyl sites for hydroxylation is 1. The fourth-order valence-corrected chi connectivity index (χ4v) is 4.61. The van der Waals surface area contributed by atoms with Crippen molar-refractivity contribution in [2.24, 2.45) is 5.41 Å². The van der Waals surface area contributed by atoms with Crippen LogP contribution in [0.2, 0.25) is 0 Å². The summed E-state index contributed by atoms with van der Waals surface area (Å²) in [6, 6.07) is 8.33. The average Bonchev–Trinajstić information content (AvgIpc) is 3.19. The Morgan fingerprint density at radius 2 is 1.84 bits per heavy atom. The van der Waals surface area contributed by atoms with E-state index in [0.29, 0.717) is 10.3 Å². The molecule has 1 atom stereocenters. The topological polar surface area (TPSA) is 70.5 Å². The summed E-state index contributed by atoms with van der Waals surface area (Å²) in [5.74, 6) is -3.85. The summed E-state index contributed by atoms with van der Waals surface area (Å²) in [6.45, 7) is 7.00. The summed E-state index contributed by atoms with van der Waals surface area (Å²) in [4.78, 5) is 31.9. The monoisotopic (exact) mass is 442 g/mol. The number of nitrogens with zero attached hydrogens (tertiary/aromatic N) is 2. The van der Waals surface area contributed by atoms with Crippen molar-refractivity contribution in [1.29, 1.82) is 0 Å². The third kappa shape index (κ3) is 3.50. The van der Waals surface area contributed by atoms with Crippen LogP contribution in [0, 0.1) is 24.0 Å². The first-order valence-corrected chi connectivity index (χ1v) is 10.4. The number of hydrogen-bond acceptors (Lipinski definition) is 5. The lowest BCUT2D eigenvalue weighted by Crippen LogP contribution is -2.32. The highest BCUT2D eigenvalue weighted by Crippen LogP contribution is 2.45. The second kappa shape index (κ2) is 7.23. The van der Waals surface area contributed by atoms with Crippen LogP contribution < -0.4 is 4.90 Å². The Morgan fingerprint density at radius 1 is 1.16 bits per heavy atom. The van der Waals surface area contributed by atoms with Gasteiger partial charge in [-0.25, -0.2) is 13.8 Å². The van der Waals surface area contributed by atoms with Crippen LogP contribution in [0.3, 0.4) is 0 Å². The molecule has 3 aromatic rings. The molecule has 2 aromatic carbocycles. The minimum atomic E-state index is -1.04. The van der Waals surface area contributed by atoms with Crippen molar-refractivity contribution >= 4 is 38.4 Å². The normalized spacial score (nSPS) is 17.2. The Kier molecular flexibility index (Phi) is 4.93. The number of rotatable bonds is 3. The van der Waals surface area contributed by atoms with Gasteiger partial charge < -0.3 is 5.11 Å². The molecule has 1 aliphatic heterocycles. The van der Waals surface area contributed by atoms with E-state index in [4.69, 9.17) is 0 Å². The molecule has 1 unspecified atom stereocenters. The number of amides is 1. The van der Waals surface area contributed by atoms with Gasteiger partial charge in [-0.15, -0.1) is 0 Å². The zero-order valence-corrected chi connectivity index (χ0v) is 18.2. The predicted molar refractivity (Wildman–Crippen MR) is 115 cm³/mol. The summed E-state index contributed by atoms with van der Waals surface area (Å²) in [7, 11) is 0. The van der Waals surface area contributed by atoms with Crippen LogP contribution in [0.15, 0.2) is 47.7 Å². The van der Waals surface area contributed by atoms with Crippen LogP contribution in [-0.2, 0) is 9.59 Å². The highest BCUT2D eigenvalue weighted by atomic mass is 32.1. The Bertz CT molecular complexity index is 1230. The SMILES string of the molecule is Cc1cccc(C2C(C(=O)C(C)(C)C)=C(O)C(=O)N2c2nc3cc(F)c(F)cc3s2)c1. The molecule has 1 aromatic heterocycles. The first-order valence-electron chi connectivity index (χ1n) is 9.62. The summed E-state index contributed by atoms with van der Waals surface area (Å²) < 4.78 is 27.7. The van der Waals surface area contributed by atoms with Crippen LogP contribution >= 0.6 is 11.3 Å². The number of Topliss-reactive ketones (excluding diaryl/α,β-unsaturated/α-hetero) is 1. The second-order valence-electron chi connectivity index (χ2n) is 8.56. The van der Waals surface area contributed by atoms with Crippen molar-refractivity contribution in [3.63, 3.8) is 0 Å². The van der Waals surface area contributed by atoms with Gasteiger partial charge in [0.25, 0.3) is 5.91 Å².